The summed E-state index contributed by atoms with van der Waals surface area (Å²) >= 11 is 0. The minimum absolute atomic E-state index is 0.435. The first-order valence-corrected chi connectivity index (χ1v) is 6.53. The number of nitrogen functional groups attached to an aromatic ring is 1. The Labute approximate surface area is 106 Å². The lowest BCUT2D eigenvalue weighted by molar-refractivity contribution is 0.314. The lowest BCUT2D eigenvalue weighted by Crippen LogP contribution is -2.04. The number of rotatable bonds is 2. The van der Waals surface area contributed by atoms with Crippen LogP contribution >= 0.6 is 0 Å². The van der Waals surface area contributed by atoms with Gasteiger partial charge < -0.3 is 10.3 Å². The molecule has 0 spiro atoms. The van der Waals surface area contributed by atoms with Crippen molar-refractivity contribution >= 4 is 5.69 Å². The number of nitrogens with zero attached hydrogens (tertiary/aromatic N) is 2. The Morgan fingerprint density at radius 2 is 1.89 bits per heavy atom. The SMILES string of the molecule is Nc1ccccc1-c1noc(C2CCCCC2)n1. The molecule has 1 aromatic carbocycles. The molecule has 3 rings (SSSR count). The van der Waals surface area contributed by atoms with Gasteiger partial charge in [-0.1, -0.05) is 36.6 Å². The average Bonchev–Trinajstić information content (AvgIpc) is 2.90. The molecule has 1 heterocycles. The summed E-state index contributed by atoms with van der Waals surface area (Å²) < 4.78 is 5.40. The molecule has 1 aromatic heterocycles. The van der Waals surface area contributed by atoms with Gasteiger partial charge in [0.2, 0.25) is 11.7 Å². The molecule has 2 aromatic rings. The van der Waals surface area contributed by atoms with Crippen LogP contribution in [0.25, 0.3) is 11.4 Å². The fourth-order valence-corrected chi connectivity index (χ4v) is 2.56. The van der Waals surface area contributed by atoms with E-state index in [2.05, 4.69) is 10.1 Å². The van der Waals surface area contributed by atoms with Gasteiger partial charge in [0.15, 0.2) is 0 Å². The van der Waals surface area contributed by atoms with Gasteiger partial charge in [0, 0.05) is 17.2 Å². The first-order valence-electron chi connectivity index (χ1n) is 6.53. The van der Waals surface area contributed by atoms with Crippen molar-refractivity contribution in [3.05, 3.63) is 30.2 Å². The summed E-state index contributed by atoms with van der Waals surface area (Å²) in [4.78, 5) is 4.51. The highest BCUT2D eigenvalue weighted by molar-refractivity contribution is 5.70. The van der Waals surface area contributed by atoms with Gasteiger partial charge in [-0.3, -0.25) is 0 Å². The zero-order chi connectivity index (χ0) is 12.4. The van der Waals surface area contributed by atoms with Crippen LogP contribution in [0.2, 0.25) is 0 Å². The highest BCUT2D eigenvalue weighted by Crippen LogP contribution is 2.33. The molecule has 18 heavy (non-hydrogen) atoms. The summed E-state index contributed by atoms with van der Waals surface area (Å²) in [6.45, 7) is 0. The second-order valence-electron chi connectivity index (χ2n) is 4.88. The topological polar surface area (TPSA) is 64.9 Å². The molecule has 1 saturated carbocycles. The molecule has 0 amide bonds. The summed E-state index contributed by atoms with van der Waals surface area (Å²) in [6, 6.07) is 7.61. The Balaban J connectivity index is 1.87. The quantitative estimate of drug-likeness (QED) is 0.821. The third-order valence-corrected chi connectivity index (χ3v) is 3.60. The van der Waals surface area contributed by atoms with Gasteiger partial charge in [0.1, 0.15) is 0 Å². The van der Waals surface area contributed by atoms with Crippen molar-refractivity contribution in [2.45, 2.75) is 38.0 Å². The molecular formula is C14H17N3O. The van der Waals surface area contributed by atoms with Crippen molar-refractivity contribution in [2.24, 2.45) is 0 Å². The van der Waals surface area contributed by atoms with Crippen LogP contribution < -0.4 is 5.73 Å². The number of benzene rings is 1. The summed E-state index contributed by atoms with van der Waals surface area (Å²) in [5, 5.41) is 4.06. The molecule has 0 unspecified atom stereocenters. The summed E-state index contributed by atoms with van der Waals surface area (Å²) in [6.07, 6.45) is 6.16. The molecule has 1 aliphatic carbocycles. The predicted molar refractivity (Wildman–Crippen MR) is 70.0 cm³/mol. The van der Waals surface area contributed by atoms with Crippen molar-refractivity contribution in [2.75, 3.05) is 5.73 Å². The zero-order valence-electron chi connectivity index (χ0n) is 10.3. The Morgan fingerprint density at radius 3 is 2.67 bits per heavy atom. The third kappa shape index (κ3) is 2.10. The number of nitrogens with two attached hydrogens (primary N) is 1. The lowest BCUT2D eigenvalue weighted by atomic mass is 9.89. The molecule has 0 bridgehead atoms. The first kappa shape index (κ1) is 11.3. The molecule has 0 atom stereocenters. The highest BCUT2D eigenvalue weighted by atomic mass is 16.5. The van der Waals surface area contributed by atoms with Crippen LogP contribution in [-0.2, 0) is 0 Å². The maximum atomic E-state index is 5.92. The molecular weight excluding hydrogens is 226 g/mol. The summed E-state index contributed by atoms with van der Waals surface area (Å²) in [5.41, 5.74) is 7.46. The molecule has 1 fully saturated rings. The number of aromatic nitrogens is 2. The number of para-hydroxylation sites is 1. The van der Waals surface area contributed by atoms with Crippen molar-refractivity contribution in [1.29, 1.82) is 0 Å². The minimum Gasteiger partial charge on any atom is -0.398 e. The third-order valence-electron chi connectivity index (χ3n) is 3.60. The molecule has 0 radical (unpaired) electrons. The predicted octanol–water partition coefficient (Wildman–Crippen LogP) is 3.37. The Kier molecular flexibility index (Phi) is 3.00. The maximum absolute atomic E-state index is 5.92. The van der Waals surface area contributed by atoms with E-state index in [4.69, 9.17) is 10.3 Å². The molecule has 0 aliphatic heterocycles. The van der Waals surface area contributed by atoms with E-state index in [0.29, 0.717) is 17.4 Å². The van der Waals surface area contributed by atoms with E-state index in [1.54, 1.807) is 0 Å². The van der Waals surface area contributed by atoms with Gasteiger partial charge in [0.25, 0.3) is 0 Å². The fraction of sp³-hybridized carbons (Fsp3) is 0.429. The van der Waals surface area contributed by atoms with Crippen LogP contribution in [0, 0.1) is 0 Å². The molecule has 4 heteroatoms. The smallest absolute Gasteiger partial charge is 0.230 e. The number of hydrogen-bond donors (Lipinski definition) is 1. The van der Waals surface area contributed by atoms with E-state index in [1.165, 1.54) is 19.3 Å². The number of hydrogen-bond acceptors (Lipinski definition) is 4. The minimum atomic E-state index is 0.435. The van der Waals surface area contributed by atoms with Gasteiger partial charge >= 0.3 is 0 Å². The Morgan fingerprint density at radius 1 is 1.11 bits per heavy atom. The van der Waals surface area contributed by atoms with Crippen molar-refractivity contribution in [1.82, 2.24) is 10.1 Å². The van der Waals surface area contributed by atoms with Gasteiger partial charge in [-0.15, -0.1) is 0 Å². The van der Waals surface area contributed by atoms with Crippen LogP contribution in [0.4, 0.5) is 5.69 Å². The monoisotopic (exact) mass is 243 g/mol. The van der Waals surface area contributed by atoms with Crippen molar-refractivity contribution < 1.29 is 4.52 Å². The second-order valence-corrected chi connectivity index (χ2v) is 4.88. The van der Waals surface area contributed by atoms with Crippen molar-refractivity contribution in [3.8, 4) is 11.4 Å². The molecule has 4 nitrogen and oxygen atoms in total. The van der Waals surface area contributed by atoms with E-state index in [0.717, 1.165) is 24.3 Å². The normalized spacial score (nSPS) is 16.9. The van der Waals surface area contributed by atoms with E-state index in [1.807, 2.05) is 24.3 Å². The molecule has 2 N–H and O–H groups in total. The van der Waals surface area contributed by atoms with Crippen LogP contribution in [0.15, 0.2) is 28.8 Å². The number of anilines is 1. The van der Waals surface area contributed by atoms with Gasteiger partial charge in [0.05, 0.1) is 0 Å². The Hall–Kier alpha value is -1.84. The standard InChI is InChI=1S/C14H17N3O/c15-12-9-5-4-8-11(12)13-16-14(18-17-13)10-6-2-1-3-7-10/h4-5,8-10H,1-3,6-7,15H2. The largest absolute Gasteiger partial charge is 0.398 e. The Bertz CT molecular complexity index is 529. The summed E-state index contributed by atoms with van der Waals surface area (Å²) in [5.74, 6) is 1.81. The van der Waals surface area contributed by atoms with Crippen molar-refractivity contribution in [3.63, 3.8) is 0 Å². The first-order chi connectivity index (χ1) is 8.84. The van der Waals surface area contributed by atoms with E-state index < -0.39 is 0 Å². The van der Waals surface area contributed by atoms with Gasteiger partial charge in [-0.2, -0.15) is 4.98 Å². The highest BCUT2D eigenvalue weighted by Gasteiger charge is 2.22. The van der Waals surface area contributed by atoms with Crippen LogP contribution in [0.3, 0.4) is 0 Å². The van der Waals surface area contributed by atoms with Gasteiger partial charge in [-0.25, -0.2) is 0 Å². The van der Waals surface area contributed by atoms with E-state index in [-0.39, 0.29) is 0 Å². The molecule has 0 saturated heterocycles. The van der Waals surface area contributed by atoms with Gasteiger partial charge in [-0.05, 0) is 25.0 Å². The molecule has 94 valence electrons. The average molecular weight is 243 g/mol. The van der Waals surface area contributed by atoms with E-state index in [9.17, 15) is 0 Å². The van der Waals surface area contributed by atoms with Crippen LogP contribution in [0.5, 0.6) is 0 Å². The maximum Gasteiger partial charge on any atom is 0.230 e. The second kappa shape index (κ2) is 4.80. The van der Waals surface area contributed by atoms with E-state index >= 15 is 0 Å². The fourth-order valence-electron chi connectivity index (χ4n) is 2.56. The van der Waals surface area contributed by atoms with Crippen LogP contribution in [-0.4, -0.2) is 10.1 Å². The molecule has 1 aliphatic rings. The van der Waals surface area contributed by atoms with Crippen LogP contribution in [0.1, 0.15) is 43.9 Å². The summed E-state index contributed by atoms with van der Waals surface area (Å²) in [7, 11) is 0. The lowest BCUT2D eigenvalue weighted by Gasteiger charge is -2.17. The zero-order valence-corrected chi connectivity index (χ0v) is 10.3.